The number of ether oxygens (including phenoxy) is 2. The first-order valence-electron chi connectivity index (χ1n) is 6.13. The quantitative estimate of drug-likeness (QED) is 0.846. The number of aromatic nitrogens is 1. The summed E-state index contributed by atoms with van der Waals surface area (Å²) in [5, 5.41) is 3.48. The van der Waals surface area contributed by atoms with Crippen LogP contribution >= 0.6 is 0 Å². The molecule has 17 heavy (non-hydrogen) atoms. The third-order valence-electron chi connectivity index (χ3n) is 3.16. The van der Waals surface area contributed by atoms with Crippen LogP contribution in [0.1, 0.15) is 25.3 Å². The maximum atomic E-state index is 5.65. The first-order chi connectivity index (χ1) is 8.29. The molecule has 1 aromatic rings. The van der Waals surface area contributed by atoms with Gasteiger partial charge in [-0.25, -0.2) is 4.98 Å². The molecule has 0 aromatic carbocycles. The maximum absolute atomic E-state index is 5.65. The Morgan fingerprint density at radius 2 is 2.53 bits per heavy atom. The number of methoxy groups -OCH3 is 1. The Bertz CT molecular complexity index is 351. The molecule has 0 saturated carbocycles. The van der Waals surface area contributed by atoms with Crippen molar-refractivity contribution in [2.24, 2.45) is 0 Å². The van der Waals surface area contributed by atoms with Crippen molar-refractivity contribution in [3.63, 3.8) is 0 Å². The Balaban J connectivity index is 1.83. The van der Waals surface area contributed by atoms with Crippen LogP contribution in [-0.4, -0.2) is 30.8 Å². The average Bonchev–Trinajstić information content (AvgIpc) is 2.90. The zero-order valence-electron chi connectivity index (χ0n) is 10.5. The van der Waals surface area contributed by atoms with E-state index in [1.165, 1.54) is 12.0 Å². The van der Waals surface area contributed by atoms with Crippen molar-refractivity contribution in [1.82, 2.24) is 10.3 Å². The number of hydrogen-bond donors (Lipinski definition) is 1. The van der Waals surface area contributed by atoms with Crippen molar-refractivity contribution < 1.29 is 9.47 Å². The molecule has 0 bridgehead atoms. The van der Waals surface area contributed by atoms with Gasteiger partial charge < -0.3 is 14.8 Å². The summed E-state index contributed by atoms with van der Waals surface area (Å²) in [7, 11) is 1.63. The topological polar surface area (TPSA) is 43.4 Å². The van der Waals surface area contributed by atoms with E-state index in [9.17, 15) is 0 Å². The average molecular weight is 236 g/mol. The molecule has 2 heterocycles. The minimum atomic E-state index is 0.360. The van der Waals surface area contributed by atoms with Crippen LogP contribution in [0.2, 0.25) is 0 Å². The number of pyridine rings is 1. The van der Waals surface area contributed by atoms with E-state index in [0.29, 0.717) is 18.0 Å². The van der Waals surface area contributed by atoms with E-state index in [1.807, 2.05) is 12.1 Å². The maximum Gasteiger partial charge on any atom is 0.213 e. The molecule has 2 atom stereocenters. The van der Waals surface area contributed by atoms with Gasteiger partial charge in [0, 0.05) is 31.5 Å². The van der Waals surface area contributed by atoms with E-state index in [2.05, 4.69) is 17.2 Å². The highest BCUT2D eigenvalue weighted by Gasteiger charge is 2.21. The highest BCUT2D eigenvalue weighted by molar-refractivity contribution is 5.20. The lowest BCUT2D eigenvalue weighted by Crippen LogP contribution is -2.36. The number of hydrogen-bond acceptors (Lipinski definition) is 4. The third kappa shape index (κ3) is 3.41. The van der Waals surface area contributed by atoms with Gasteiger partial charge in [0.25, 0.3) is 0 Å². The van der Waals surface area contributed by atoms with Crippen LogP contribution in [0.5, 0.6) is 5.88 Å². The molecule has 0 amide bonds. The molecule has 4 heteroatoms. The molecule has 1 fully saturated rings. The van der Waals surface area contributed by atoms with Gasteiger partial charge in [-0.1, -0.05) is 0 Å². The summed E-state index contributed by atoms with van der Waals surface area (Å²) in [4.78, 5) is 4.09. The molecule has 2 rings (SSSR count). The molecule has 1 saturated heterocycles. The molecule has 0 radical (unpaired) electrons. The zero-order chi connectivity index (χ0) is 12.1. The number of rotatable bonds is 5. The van der Waals surface area contributed by atoms with E-state index in [0.717, 1.165) is 19.6 Å². The second-order valence-corrected chi connectivity index (χ2v) is 4.43. The second kappa shape index (κ2) is 5.98. The van der Waals surface area contributed by atoms with Gasteiger partial charge in [-0.3, -0.25) is 0 Å². The summed E-state index contributed by atoms with van der Waals surface area (Å²) in [6, 6.07) is 4.34. The molecule has 1 aliphatic heterocycles. The Morgan fingerprint density at radius 3 is 3.24 bits per heavy atom. The molecule has 0 aliphatic carbocycles. The molecule has 1 aromatic heterocycles. The third-order valence-corrected chi connectivity index (χ3v) is 3.16. The molecule has 1 N–H and O–H groups in total. The predicted octanol–water partition coefficient (Wildman–Crippen LogP) is 1.75. The van der Waals surface area contributed by atoms with Gasteiger partial charge >= 0.3 is 0 Å². The highest BCUT2D eigenvalue weighted by Crippen LogP contribution is 2.16. The summed E-state index contributed by atoms with van der Waals surface area (Å²) < 4.78 is 10.7. The van der Waals surface area contributed by atoms with E-state index in [1.54, 1.807) is 13.3 Å². The van der Waals surface area contributed by atoms with E-state index < -0.39 is 0 Å². The Morgan fingerprint density at radius 1 is 1.65 bits per heavy atom. The van der Waals surface area contributed by atoms with E-state index in [-0.39, 0.29) is 0 Å². The molecule has 94 valence electrons. The van der Waals surface area contributed by atoms with Crippen LogP contribution in [0.3, 0.4) is 0 Å². The fourth-order valence-electron chi connectivity index (χ4n) is 2.08. The number of nitrogens with one attached hydrogen (secondary N) is 1. The minimum Gasteiger partial charge on any atom is -0.481 e. The van der Waals surface area contributed by atoms with Crippen LogP contribution in [0.15, 0.2) is 18.3 Å². The molecular weight excluding hydrogens is 216 g/mol. The van der Waals surface area contributed by atoms with Crippen LogP contribution in [0.25, 0.3) is 0 Å². The lowest BCUT2D eigenvalue weighted by molar-refractivity contribution is 0.0832. The fraction of sp³-hybridized carbons (Fsp3) is 0.615. The number of nitrogens with zero attached hydrogens (tertiary/aromatic N) is 1. The van der Waals surface area contributed by atoms with Crippen LogP contribution in [0.4, 0.5) is 0 Å². The molecule has 1 aliphatic rings. The van der Waals surface area contributed by atoms with Gasteiger partial charge in [-0.05, 0) is 31.4 Å². The first-order valence-corrected chi connectivity index (χ1v) is 6.13. The van der Waals surface area contributed by atoms with Crippen molar-refractivity contribution >= 4 is 0 Å². The van der Waals surface area contributed by atoms with Gasteiger partial charge in [0.05, 0.1) is 13.2 Å². The van der Waals surface area contributed by atoms with E-state index in [4.69, 9.17) is 9.47 Å². The van der Waals surface area contributed by atoms with Crippen molar-refractivity contribution in [1.29, 1.82) is 0 Å². The normalized spacial score (nSPS) is 21.4. The highest BCUT2D eigenvalue weighted by atomic mass is 16.5. The lowest BCUT2D eigenvalue weighted by Gasteiger charge is -2.20. The SMILES string of the molecule is COc1cc(CN[C@@H](C)[C@@H]2CCCO2)ccn1. The van der Waals surface area contributed by atoms with Crippen LogP contribution < -0.4 is 10.1 Å². The second-order valence-electron chi connectivity index (χ2n) is 4.43. The van der Waals surface area contributed by atoms with Crippen LogP contribution in [-0.2, 0) is 11.3 Å². The monoisotopic (exact) mass is 236 g/mol. The minimum absolute atomic E-state index is 0.360. The smallest absolute Gasteiger partial charge is 0.213 e. The van der Waals surface area contributed by atoms with Gasteiger partial charge in [-0.2, -0.15) is 0 Å². The summed E-state index contributed by atoms with van der Waals surface area (Å²) in [5.41, 5.74) is 1.18. The summed E-state index contributed by atoms with van der Waals surface area (Å²) in [6.07, 6.45) is 4.47. The first kappa shape index (κ1) is 12.3. The molecule has 0 unspecified atom stereocenters. The summed E-state index contributed by atoms with van der Waals surface area (Å²) in [5.74, 6) is 0.661. The van der Waals surface area contributed by atoms with Crippen molar-refractivity contribution in [3.05, 3.63) is 23.9 Å². The lowest BCUT2D eigenvalue weighted by atomic mass is 10.1. The Hall–Kier alpha value is -1.13. The van der Waals surface area contributed by atoms with Crippen molar-refractivity contribution in [2.75, 3.05) is 13.7 Å². The van der Waals surface area contributed by atoms with Gasteiger partial charge in [0.1, 0.15) is 0 Å². The Labute approximate surface area is 102 Å². The molecule has 0 spiro atoms. The van der Waals surface area contributed by atoms with Gasteiger partial charge in [0.2, 0.25) is 5.88 Å². The molecule has 4 nitrogen and oxygen atoms in total. The molecular formula is C13H20N2O2. The standard InChI is InChI=1S/C13H20N2O2/c1-10(12-4-3-7-17-12)15-9-11-5-6-14-13(8-11)16-2/h5-6,8,10,12,15H,3-4,7,9H2,1-2H3/t10-,12-/m0/s1. The summed E-state index contributed by atoms with van der Waals surface area (Å²) >= 11 is 0. The van der Waals surface area contributed by atoms with Gasteiger partial charge in [0.15, 0.2) is 0 Å². The zero-order valence-corrected chi connectivity index (χ0v) is 10.5. The van der Waals surface area contributed by atoms with Crippen LogP contribution in [0, 0.1) is 0 Å². The summed E-state index contributed by atoms with van der Waals surface area (Å²) in [6.45, 7) is 3.90. The predicted molar refractivity (Wildman–Crippen MR) is 66.1 cm³/mol. The fourth-order valence-corrected chi connectivity index (χ4v) is 2.08. The Kier molecular flexibility index (Phi) is 4.34. The van der Waals surface area contributed by atoms with Crippen molar-refractivity contribution in [3.8, 4) is 5.88 Å². The van der Waals surface area contributed by atoms with E-state index >= 15 is 0 Å². The largest absolute Gasteiger partial charge is 0.481 e. The van der Waals surface area contributed by atoms with Gasteiger partial charge in [-0.15, -0.1) is 0 Å². The van der Waals surface area contributed by atoms with Crippen molar-refractivity contribution in [2.45, 2.75) is 38.5 Å².